The van der Waals surface area contributed by atoms with Gasteiger partial charge in [0.2, 0.25) is 0 Å². The smallest absolute Gasteiger partial charge is 0.171 e. The Balaban J connectivity index is 4.59. The summed E-state index contributed by atoms with van der Waals surface area (Å²) in [6, 6.07) is 0. The van der Waals surface area contributed by atoms with Gasteiger partial charge in [0.05, 0.1) is 0 Å². The largest absolute Gasteiger partial charge is 0.389 e. The van der Waals surface area contributed by atoms with Crippen LogP contribution >= 0.6 is 0 Å². The third kappa shape index (κ3) is 9.49. The van der Waals surface area contributed by atoms with E-state index in [9.17, 15) is 26.3 Å². The van der Waals surface area contributed by atoms with Crippen LogP contribution in [0.4, 0.5) is 26.3 Å². The maximum absolute atomic E-state index is 12.3. The molecular weight excluding hydrogens is 262 g/mol. The predicted molar refractivity (Wildman–Crippen MR) is 58.0 cm³/mol. The molecule has 0 unspecified atom stereocenters. The zero-order valence-corrected chi connectivity index (χ0v) is 11.8. The normalized spacial score (nSPS) is 15.2. The maximum Gasteiger partial charge on any atom is 0.389 e. The van der Waals surface area contributed by atoms with Crippen molar-refractivity contribution < 1.29 is 26.3 Å². The second kappa shape index (κ2) is 4.82. The Morgan fingerprint density at radius 3 is 1.06 bits per heavy atom. The van der Waals surface area contributed by atoms with E-state index in [1.54, 1.807) is 0 Å². The fourth-order valence-corrected chi connectivity index (χ4v) is 5.91. The van der Waals surface area contributed by atoms with Crippen LogP contribution in [-0.2, 0) is 0 Å². The van der Waals surface area contributed by atoms with E-state index in [1.807, 2.05) is 0 Å². The van der Waals surface area contributed by atoms with Gasteiger partial charge in [0.25, 0.3) is 0 Å². The molecule has 0 saturated carbocycles. The summed E-state index contributed by atoms with van der Waals surface area (Å²) in [6.07, 6.45) is -10.6. The molecule has 104 valence electrons. The van der Waals surface area contributed by atoms with Crippen molar-refractivity contribution in [1.82, 2.24) is 0 Å². The van der Waals surface area contributed by atoms with Crippen molar-refractivity contribution in [3.8, 4) is 0 Å². The lowest BCUT2D eigenvalue weighted by molar-refractivity contribution is -0.142. The minimum Gasteiger partial charge on any atom is -0.171 e. The van der Waals surface area contributed by atoms with Crippen LogP contribution in [0.1, 0.15) is 40.5 Å². The van der Waals surface area contributed by atoms with Gasteiger partial charge in [-0.25, -0.2) is 0 Å². The van der Waals surface area contributed by atoms with Crippen molar-refractivity contribution in [3.63, 3.8) is 0 Å². The summed E-state index contributed by atoms with van der Waals surface area (Å²) in [5.41, 5.74) is 0. The van der Waals surface area contributed by atoms with E-state index in [4.69, 9.17) is 0 Å². The first-order valence-electron chi connectivity index (χ1n) is 5.26. The molecule has 0 aromatic carbocycles. The molecule has 0 aliphatic carbocycles. The summed E-state index contributed by atoms with van der Waals surface area (Å²) in [4.78, 5) is 0. The van der Waals surface area contributed by atoms with Crippen molar-refractivity contribution >= 4 is 9.52 Å². The zero-order valence-electron chi connectivity index (χ0n) is 10.4. The first-order valence-corrected chi connectivity index (χ1v) is 6.67. The lowest BCUT2D eigenvalue weighted by Crippen LogP contribution is -2.31. The first kappa shape index (κ1) is 16.8. The Morgan fingerprint density at radius 2 is 0.882 bits per heavy atom. The van der Waals surface area contributed by atoms with E-state index < -0.39 is 44.8 Å². The van der Waals surface area contributed by atoms with Gasteiger partial charge in [-0.1, -0.05) is 27.7 Å². The Hall–Kier alpha value is -0.203. The molecule has 0 saturated heterocycles. The molecule has 0 aliphatic rings. The van der Waals surface area contributed by atoms with Crippen molar-refractivity contribution in [1.29, 1.82) is 0 Å². The molecule has 0 atom stereocenters. The van der Waals surface area contributed by atoms with Gasteiger partial charge in [-0.3, -0.25) is 0 Å². The summed E-state index contributed by atoms with van der Waals surface area (Å²) >= 11 is 0. The average molecular weight is 280 g/mol. The number of halogens is 6. The molecule has 0 aromatic rings. The highest BCUT2D eigenvalue weighted by Gasteiger charge is 2.43. The van der Waals surface area contributed by atoms with Crippen molar-refractivity contribution in [2.75, 3.05) is 0 Å². The van der Waals surface area contributed by atoms with Crippen LogP contribution < -0.4 is 0 Å². The van der Waals surface area contributed by atoms with Crippen LogP contribution in [0.3, 0.4) is 0 Å². The van der Waals surface area contributed by atoms with Gasteiger partial charge in [-0.2, -0.15) is 26.3 Å². The standard InChI is InChI=1S/C10H18F6Si/c1-7(2,5-9(11,12)13)17-8(3,4)6-10(14,15)16/h5-6,17H2,1-4H3. The van der Waals surface area contributed by atoms with Gasteiger partial charge in [-0.05, 0) is 10.1 Å². The van der Waals surface area contributed by atoms with E-state index >= 15 is 0 Å². The van der Waals surface area contributed by atoms with Crippen LogP contribution in [0, 0.1) is 0 Å². The van der Waals surface area contributed by atoms with Crippen molar-refractivity contribution in [2.24, 2.45) is 0 Å². The van der Waals surface area contributed by atoms with Crippen LogP contribution in [-0.4, -0.2) is 21.9 Å². The quantitative estimate of drug-likeness (QED) is 0.527. The second-order valence-corrected chi connectivity index (χ2v) is 10.3. The summed E-state index contributed by atoms with van der Waals surface area (Å²) in [5, 5.41) is -2.10. The Kier molecular flexibility index (Phi) is 4.76. The third-order valence-corrected chi connectivity index (χ3v) is 4.73. The third-order valence-electron chi connectivity index (χ3n) is 2.32. The Morgan fingerprint density at radius 1 is 0.647 bits per heavy atom. The van der Waals surface area contributed by atoms with Crippen LogP contribution in [0.15, 0.2) is 0 Å². The summed E-state index contributed by atoms with van der Waals surface area (Å²) < 4.78 is 73.6. The highest BCUT2D eigenvalue weighted by molar-refractivity contribution is 6.43. The molecule has 0 radical (unpaired) electrons. The lowest BCUT2D eigenvalue weighted by atomic mass is 10.1. The fourth-order valence-electron chi connectivity index (χ4n) is 2.51. The lowest BCUT2D eigenvalue weighted by Gasteiger charge is -2.35. The average Bonchev–Trinajstić information content (AvgIpc) is 1.65. The van der Waals surface area contributed by atoms with E-state index in [-0.39, 0.29) is 0 Å². The van der Waals surface area contributed by atoms with E-state index in [2.05, 4.69) is 0 Å². The molecule has 0 amide bonds. The monoisotopic (exact) mass is 280 g/mol. The molecule has 0 rings (SSSR count). The van der Waals surface area contributed by atoms with Gasteiger partial charge in [0, 0.05) is 22.4 Å². The summed E-state index contributed by atoms with van der Waals surface area (Å²) in [7, 11) is -1.53. The van der Waals surface area contributed by atoms with E-state index in [1.165, 1.54) is 27.7 Å². The highest BCUT2D eigenvalue weighted by Crippen LogP contribution is 2.47. The molecule has 0 fully saturated rings. The highest BCUT2D eigenvalue weighted by atomic mass is 28.2. The molecule has 7 heteroatoms. The molecule has 0 bridgehead atoms. The van der Waals surface area contributed by atoms with Crippen LogP contribution in [0.5, 0.6) is 0 Å². The van der Waals surface area contributed by atoms with Crippen LogP contribution in [0.25, 0.3) is 0 Å². The molecule has 17 heavy (non-hydrogen) atoms. The molecule has 0 aliphatic heterocycles. The molecule has 0 heterocycles. The van der Waals surface area contributed by atoms with Gasteiger partial charge < -0.3 is 0 Å². The number of hydrogen-bond donors (Lipinski definition) is 0. The molecular formula is C10H18F6Si. The predicted octanol–water partition coefficient (Wildman–Crippen LogP) is 4.46. The topological polar surface area (TPSA) is 0 Å². The minimum atomic E-state index is -4.31. The number of alkyl halides is 6. The van der Waals surface area contributed by atoms with Gasteiger partial charge >= 0.3 is 12.4 Å². The summed E-state index contributed by atoms with van der Waals surface area (Å²) in [6.45, 7) is 5.63. The van der Waals surface area contributed by atoms with Gasteiger partial charge in [-0.15, -0.1) is 0 Å². The van der Waals surface area contributed by atoms with Crippen LogP contribution in [0.2, 0.25) is 10.1 Å². The van der Waals surface area contributed by atoms with Gasteiger partial charge in [0.15, 0.2) is 0 Å². The second-order valence-electron chi connectivity index (χ2n) is 6.09. The molecule has 0 N–H and O–H groups in total. The fraction of sp³-hybridized carbons (Fsp3) is 1.00. The minimum absolute atomic E-state index is 1.01. The molecule has 0 aromatic heterocycles. The van der Waals surface area contributed by atoms with E-state index in [0.717, 1.165) is 0 Å². The summed E-state index contributed by atoms with van der Waals surface area (Å²) in [5.74, 6) is 0. The Labute approximate surface area is 99.6 Å². The van der Waals surface area contributed by atoms with Crippen molar-refractivity contribution in [3.05, 3.63) is 0 Å². The zero-order chi connectivity index (χ0) is 14.1. The van der Waals surface area contributed by atoms with Crippen molar-refractivity contribution in [2.45, 2.75) is 63.0 Å². The first-order chi connectivity index (χ1) is 7.12. The SMILES string of the molecule is CC(C)(CC(F)(F)F)[SiH2]C(C)(C)CC(F)(F)F. The Bertz CT molecular complexity index is 225. The molecule has 0 spiro atoms. The number of rotatable bonds is 4. The van der Waals surface area contributed by atoms with E-state index in [0.29, 0.717) is 0 Å². The molecule has 0 nitrogen and oxygen atoms in total. The van der Waals surface area contributed by atoms with Gasteiger partial charge in [0.1, 0.15) is 0 Å². The number of hydrogen-bond acceptors (Lipinski definition) is 0. The maximum atomic E-state index is 12.3.